The van der Waals surface area contributed by atoms with E-state index >= 15 is 0 Å². The maximum Gasteiger partial charge on any atom is 0.0589 e. The molecule has 0 aromatic carbocycles. The lowest BCUT2D eigenvalue weighted by atomic mass is 9.73. The molecular weight excluding hydrogens is 240 g/mol. The standard InChI is InChI=1S/C15H32N2O2/c1-3-16-13-15(7-5-4-6-8-15)14-17(9-11-18)10-12-19-2/h16,18H,3-14H2,1-2H3. The van der Waals surface area contributed by atoms with Gasteiger partial charge in [0.15, 0.2) is 0 Å². The fourth-order valence-electron chi connectivity index (χ4n) is 3.19. The van der Waals surface area contributed by atoms with Crippen LogP contribution in [0.15, 0.2) is 0 Å². The summed E-state index contributed by atoms with van der Waals surface area (Å²) in [5, 5.41) is 12.8. The van der Waals surface area contributed by atoms with E-state index < -0.39 is 0 Å². The third-order valence-electron chi connectivity index (χ3n) is 4.25. The average molecular weight is 272 g/mol. The van der Waals surface area contributed by atoms with E-state index in [1.165, 1.54) is 32.1 Å². The van der Waals surface area contributed by atoms with E-state index in [-0.39, 0.29) is 6.61 Å². The molecule has 1 rings (SSSR count). The fraction of sp³-hybridized carbons (Fsp3) is 1.00. The SMILES string of the molecule is CCNCC1(CN(CCO)CCOC)CCCCC1. The molecule has 0 spiro atoms. The summed E-state index contributed by atoms with van der Waals surface area (Å²) < 4.78 is 5.18. The van der Waals surface area contributed by atoms with Crippen LogP contribution in [0, 0.1) is 5.41 Å². The van der Waals surface area contributed by atoms with Gasteiger partial charge in [0.05, 0.1) is 13.2 Å². The molecule has 1 aliphatic carbocycles. The zero-order chi connectivity index (χ0) is 14.0. The first-order chi connectivity index (χ1) is 9.26. The molecule has 0 radical (unpaired) electrons. The minimum Gasteiger partial charge on any atom is -0.395 e. The van der Waals surface area contributed by atoms with Gasteiger partial charge in [0, 0.05) is 33.3 Å². The lowest BCUT2D eigenvalue weighted by Crippen LogP contribution is -2.47. The second-order valence-electron chi connectivity index (χ2n) is 5.83. The molecule has 0 aliphatic heterocycles. The molecule has 0 amide bonds. The molecule has 2 N–H and O–H groups in total. The molecule has 0 aromatic rings. The third kappa shape index (κ3) is 6.21. The molecule has 0 aromatic heterocycles. The Bertz CT molecular complexity index is 218. The Labute approximate surface area is 118 Å². The Hall–Kier alpha value is -0.160. The smallest absolute Gasteiger partial charge is 0.0589 e. The maximum absolute atomic E-state index is 9.23. The number of aliphatic hydroxyl groups excluding tert-OH is 1. The highest BCUT2D eigenvalue weighted by Crippen LogP contribution is 2.36. The number of methoxy groups -OCH3 is 1. The zero-order valence-corrected chi connectivity index (χ0v) is 12.8. The van der Waals surface area contributed by atoms with Crippen molar-refractivity contribution in [2.24, 2.45) is 5.41 Å². The van der Waals surface area contributed by atoms with Gasteiger partial charge in [0.25, 0.3) is 0 Å². The summed E-state index contributed by atoms with van der Waals surface area (Å²) in [6, 6.07) is 0. The Morgan fingerprint density at radius 1 is 1.21 bits per heavy atom. The summed E-state index contributed by atoms with van der Waals surface area (Å²) in [6.07, 6.45) is 6.71. The number of hydrogen-bond acceptors (Lipinski definition) is 4. The van der Waals surface area contributed by atoms with Crippen molar-refractivity contribution in [3.63, 3.8) is 0 Å². The number of nitrogens with one attached hydrogen (secondary N) is 1. The van der Waals surface area contributed by atoms with Crippen molar-refractivity contribution in [1.82, 2.24) is 10.2 Å². The molecule has 1 aliphatic rings. The lowest BCUT2D eigenvalue weighted by Gasteiger charge is -2.41. The molecule has 1 fully saturated rings. The highest BCUT2D eigenvalue weighted by Gasteiger charge is 2.33. The van der Waals surface area contributed by atoms with Gasteiger partial charge in [0.2, 0.25) is 0 Å². The van der Waals surface area contributed by atoms with E-state index in [0.29, 0.717) is 5.41 Å². The summed E-state index contributed by atoms with van der Waals surface area (Å²) in [6.45, 7) is 8.08. The number of rotatable bonds is 10. The highest BCUT2D eigenvalue weighted by molar-refractivity contribution is 4.87. The summed E-state index contributed by atoms with van der Waals surface area (Å²) in [4.78, 5) is 2.37. The number of hydrogen-bond donors (Lipinski definition) is 2. The van der Waals surface area contributed by atoms with Crippen LogP contribution in [0.5, 0.6) is 0 Å². The predicted molar refractivity (Wildman–Crippen MR) is 79.5 cm³/mol. The molecule has 0 atom stereocenters. The predicted octanol–water partition coefficient (Wildman–Crippen LogP) is 1.49. The van der Waals surface area contributed by atoms with Crippen LogP contribution >= 0.6 is 0 Å². The summed E-state index contributed by atoms with van der Waals surface area (Å²) in [5.74, 6) is 0. The molecular formula is C15H32N2O2. The van der Waals surface area contributed by atoms with E-state index in [0.717, 1.165) is 39.3 Å². The van der Waals surface area contributed by atoms with Crippen LogP contribution < -0.4 is 5.32 Å². The van der Waals surface area contributed by atoms with Crippen molar-refractivity contribution < 1.29 is 9.84 Å². The van der Waals surface area contributed by atoms with Gasteiger partial charge in [-0.2, -0.15) is 0 Å². The average Bonchev–Trinajstić information content (AvgIpc) is 2.44. The quantitative estimate of drug-likeness (QED) is 0.632. The topological polar surface area (TPSA) is 44.7 Å². The van der Waals surface area contributed by atoms with E-state index in [2.05, 4.69) is 17.1 Å². The number of ether oxygens (including phenoxy) is 1. The van der Waals surface area contributed by atoms with Crippen molar-refractivity contribution in [3.8, 4) is 0 Å². The number of nitrogens with zero attached hydrogens (tertiary/aromatic N) is 1. The van der Waals surface area contributed by atoms with Crippen LogP contribution in [0.25, 0.3) is 0 Å². The van der Waals surface area contributed by atoms with Gasteiger partial charge in [-0.3, -0.25) is 4.90 Å². The Morgan fingerprint density at radius 3 is 2.53 bits per heavy atom. The van der Waals surface area contributed by atoms with Crippen LogP contribution in [0.4, 0.5) is 0 Å². The molecule has 0 unspecified atom stereocenters. The van der Waals surface area contributed by atoms with Crippen LogP contribution in [-0.2, 0) is 4.74 Å². The van der Waals surface area contributed by atoms with Gasteiger partial charge in [-0.1, -0.05) is 26.2 Å². The first-order valence-corrected chi connectivity index (χ1v) is 7.79. The normalized spacial score (nSPS) is 18.9. The van der Waals surface area contributed by atoms with Gasteiger partial charge in [0.1, 0.15) is 0 Å². The largest absolute Gasteiger partial charge is 0.395 e. The van der Waals surface area contributed by atoms with Crippen molar-refractivity contribution in [2.75, 3.05) is 53.0 Å². The van der Waals surface area contributed by atoms with E-state index in [4.69, 9.17) is 4.74 Å². The van der Waals surface area contributed by atoms with Crippen molar-refractivity contribution in [3.05, 3.63) is 0 Å². The fourth-order valence-corrected chi connectivity index (χ4v) is 3.19. The molecule has 4 nitrogen and oxygen atoms in total. The zero-order valence-electron chi connectivity index (χ0n) is 12.8. The summed E-state index contributed by atoms with van der Waals surface area (Å²) in [7, 11) is 1.74. The second-order valence-corrected chi connectivity index (χ2v) is 5.83. The second kappa shape index (κ2) is 9.70. The maximum atomic E-state index is 9.23. The van der Waals surface area contributed by atoms with Crippen molar-refractivity contribution in [1.29, 1.82) is 0 Å². The van der Waals surface area contributed by atoms with Gasteiger partial charge in [-0.05, 0) is 24.8 Å². The molecule has 4 heteroatoms. The minimum absolute atomic E-state index is 0.237. The number of aliphatic hydroxyl groups is 1. The van der Waals surface area contributed by atoms with Gasteiger partial charge in [-0.15, -0.1) is 0 Å². The molecule has 114 valence electrons. The van der Waals surface area contributed by atoms with Crippen LogP contribution in [-0.4, -0.2) is 63.1 Å². The summed E-state index contributed by atoms with van der Waals surface area (Å²) in [5.41, 5.74) is 0.400. The van der Waals surface area contributed by atoms with E-state index in [1.54, 1.807) is 7.11 Å². The highest BCUT2D eigenvalue weighted by atomic mass is 16.5. The lowest BCUT2D eigenvalue weighted by molar-refractivity contribution is 0.0681. The van der Waals surface area contributed by atoms with Gasteiger partial charge >= 0.3 is 0 Å². The van der Waals surface area contributed by atoms with Crippen molar-refractivity contribution in [2.45, 2.75) is 39.0 Å². The Morgan fingerprint density at radius 2 is 1.95 bits per heavy atom. The molecule has 0 saturated heterocycles. The van der Waals surface area contributed by atoms with Crippen LogP contribution in [0.2, 0.25) is 0 Å². The van der Waals surface area contributed by atoms with E-state index in [9.17, 15) is 5.11 Å². The Kier molecular flexibility index (Phi) is 8.62. The minimum atomic E-state index is 0.237. The molecule has 0 bridgehead atoms. The van der Waals surface area contributed by atoms with Crippen molar-refractivity contribution >= 4 is 0 Å². The summed E-state index contributed by atoms with van der Waals surface area (Å²) >= 11 is 0. The molecule has 1 saturated carbocycles. The van der Waals surface area contributed by atoms with Crippen LogP contribution in [0.3, 0.4) is 0 Å². The molecule has 19 heavy (non-hydrogen) atoms. The molecule has 0 heterocycles. The first kappa shape index (κ1) is 16.9. The van der Waals surface area contributed by atoms with Gasteiger partial charge < -0.3 is 15.2 Å². The monoisotopic (exact) mass is 272 g/mol. The van der Waals surface area contributed by atoms with Crippen LogP contribution in [0.1, 0.15) is 39.0 Å². The van der Waals surface area contributed by atoms with E-state index in [1.807, 2.05) is 0 Å². The third-order valence-corrected chi connectivity index (χ3v) is 4.25. The van der Waals surface area contributed by atoms with Gasteiger partial charge in [-0.25, -0.2) is 0 Å². The first-order valence-electron chi connectivity index (χ1n) is 7.79. The Balaban J connectivity index is 2.55.